The number of hydrogen-bond acceptors (Lipinski definition) is 3. The number of carbonyl (C=O) groups is 1. The number of carboxylic acids is 1. The van der Waals surface area contributed by atoms with Gasteiger partial charge in [0.1, 0.15) is 7.45 Å². The Morgan fingerprint density at radius 3 is 3.25 bits per heavy atom. The molecule has 0 aromatic rings. The van der Waals surface area contributed by atoms with E-state index in [2.05, 4.69) is 10.7 Å². The minimum atomic E-state index is -1.07. The number of guanidine groups is 1. The van der Waals surface area contributed by atoms with Crippen molar-refractivity contribution in [3.63, 3.8) is 0 Å². The van der Waals surface area contributed by atoms with Crippen LogP contribution in [-0.2, 0) is 4.79 Å². The molecule has 0 aliphatic carbocycles. The zero-order valence-electron chi connectivity index (χ0n) is 9.50. The van der Waals surface area contributed by atoms with Crippen molar-refractivity contribution in [3.8, 4) is 0 Å². The van der Waals surface area contributed by atoms with E-state index < -0.39 is 12.0 Å². The summed E-state index contributed by atoms with van der Waals surface area (Å²) in [5.41, 5.74) is 3.83. The molecule has 0 aromatic heterocycles. The Hall–Kier alpha value is -1.30. The van der Waals surface area contributed by atoms with Gasteiger partial charge in [0.25, 0.3) is 0 Å². The second-order valence-electron chi connectivity index (χ2n) is 2.31. The van der Waals surface area contributed by atoms with Crippen LogP contribution in [0, 0.1) is 5.40 Å². The molecule has 0 radical (unpaired) electrons. The van der Waals surface area contributed by atoms with E-state index in [1.54, 1.807) is 0 Å². The average Bonchev–Trinajstić information content (AvgIpc) is 2.23. The summed E-state index contributed by atoms with van der Waals surface area (Å²) in [5, 5.41) is 14.2. The average molecular weight is 177 g/mol. The molecule has 7 N–H and O–H groups in total. The first-order valence-electron chi connectivity index (χ1n) is 4.94. The lowest BCUT2D eigenvalue weighted by atomic mass is 10.2. The summed E-state index contributed by atoms with van der Waals surface area (Å²) in [5.74, 6) is -1.07. The van der Waals surface area contributed by atoms with Crippen LogP contribution in [0.15, 0.2) is 0 Å². The highest BCUT2D eigenvalue weighted by Crippen LogP contribution is 1.92. The van der Waals surface area contributed by atoms with Gasteiger partial charge in [0, 0.05) is 6.54 Å². The quantitative estimate of drug-likeness (QED) is 0.195. The van der Waals surface area contributed by atoms with E-state index in [-0.39, 0.29) is 12.4 Å². The molecule has 0 saturated carbocycles. The highest BCUT2D eigenvalue weighted by atomic mass is 16.4. The molecule has 6 heteroatoms. The van der Waals surface area contributed by atoms with Gasteiger partial charge in [-0.25, -0.2) is 0 Å². The van der Waals surface area contributed by atoms with E-state index >= 15 is 0 Å². The van der Waals surface area contributed by atoms with E-state index in [1.807, 2.05) is 11.5 Å². The Bertz CT molecular complexity index is 226. The summed E-state index contributed by atoms with van der Waals surface area (Å²) < 4.78 is 20.0. The van der Waals surface area contributed by atoms with Gasteiger partial charge in [-0.2, -0.15) is 0 Å². The molecule has 0 rings (SSSR count). The molecule has 0 saturated heterocycles. The predicted octanol–water partition coefficient (Wildman–Crippen LogP) is -1.34. The highest BCUT2D eigenvalue weighted by Gasteiger charge is 2.09. The number of nitrogens with one attached hydrogen (secondary N) is 2. The molecule has 0 bridgehead atoms. The predicted molar refractivity (Wildman–Crippen MR) is 44.8 cm³/mol. The lowest BCUT2D eigenvalue weighted by Crippen LogP contribution is -2.34. The minimum absolute atomic E-state index is 0.000655. The van der Waals surface area contributed by atoms with Gasteiger partial charge in [-0.3, -0.25) is 10.2 Å². The summed E-state index contributed by atoms with van der Waals surface area (Å²) in [6.07, 6.45) is 0.776. The Morgan fingerprint density at radius 2 is 2.75 bits per heavy atom. The van der Waals surface area contributed by atoms with Crippen molar-refractivity contribution < 1.29 is 14.1 Å². The van der Waals surface area contributed by atoms with Crippen molar-refractivity contribution in [2.75, 3.05) is 6.54 Å². The van der Waals surface area contributed by atoms with Crippen LogP contribution in [0.4, 0.5) is 0 Å². The van der Waals surface area contributed by atoms with Crippen molar-refractivity contribution in [3.05, 3.63) is 0 Å². The summed E-state index contributed by atoms with van der Waals surface area (Å²) in [6, 6.07) is -0.896. The summed E-state index contributed by atoms with van der Waals surface area (Å²) >= 11 is 0. The van der Waals surface area contributed by atoms with Crippen molar-refractivity contribution >= 4 is 11.9 Å². The zero-order chi connectivity index (χ0) is 11.7. The molecular weight excluding hydrogens is 160 g/mol. The standard InChI is InChI=1S/C6H14N4O2/c7-4(5(11)12)2-1-3-10-6(8)9/h4H,1-3,7H2,(H,11,12)(H4,8,9,10)/i/hD3. The van der Waals surface area contributed by atoms with Gasteiger partial charge in [0.15, 0.2) is 8.78 Å². The normalized spacial score (nSPS) is 17.0. The fourth-order valence-corrected chi connectivity index (χ4v) is 0.636. The first-order chi connectivity index (χ1) is 7.15. The van der Waals surface area contributed by atoms with E-state index in [0.29, 0.717) is 13.0 Å². The van der Waals surface area contributed by atoms with Crippen LogP contribution in [0.1, 0.15) is 12.8 Å². The van der Waals surface area contributed by atoms with E-state index in [9.17, 15) is 4.79 Å². The van der Waals surface area contributed by atoms with Gasteiger partial charge < -0.3 is 21.9 Å². The number of nitrogens with two attached hydrogens (primary N) is 2. The van der Waals surface area contributed by atoms with E-state index in [4.69, 9.17) is 9.34 Å². The molecule has 0 aliphatic heterocycles. The maximum Gasteiger partial charge on any atom is 0.320 e. The Balaban J connectivity index is 3.65. The fourth-order valence-electron chi connectivity index (χ4n) is 0.636. The molecule has 0 aromatic carbocycles. The number of rotatable bonds is 6. The molecule has 70 valence electrons. The van der Waals surface area contributed by atoms with E-state index in [1.165, 1.54) is 0 Å². The minimum Gasteiger partial charge on any atom is -0.480 e. The first-order valence-corrected chi connectivity index (χ1v) is 3.49. The van der Waals surface area contributed by atoms with Crippen LogP contribution < -0.4 is 16.8 Å². The molecule has 1 atom stereocenters. The molecule has 1 unspecified atom stereocenters. The molecule has 0 fully saturated rings. The lowest BCUT2D eigenvalue weighted by Gasteiger charge is -2.06. The third kappa shape index (κ3) is 5.48. The van der Waals surface area contributed by atoms with Crippen molar-refractivity contribution in [1.29, 1.82) is 5.40 Å². The smallest absolute Gasteiger partial charge is 0.320 e. The largest absolute Gasteiger partial charge is 0.480 e. The topological polar surface area (TPSA) is 125 Å². The van der Waals surface area contributed by atoms with Crippen LogP contribution in [0.2, 0.25) is 4.24 Å². The van der Waals surface area contributed by atoms with Gasteiger partial charge in [-0.15, -0.1) is 0 Å². The SMILES string of the molecule is [2H]N=C(N[2H])NCCCC(N[2H])C(=O)O. The third-order valence-corrected chi connectivity index (χ3v) is 1.26. The lowest BCUT2D eigenvalue weighted by molar-refractivity contribution is -0.138. The highest BCUT2D eigenvalue weighted by molar-refractivity contribution is 5.74. The summed E-state index contributed by atoms with van der Waals surface area (Å²) in [6.45, 7) is 0.384. The van der Waals surface area contributed by atoms with E-state index in [0.717, 1.165) is 0 Å². The van der Waals surface area contributed by atoms with Crippen LogP contribution in [0.25, 0.3) is 0 Å². The monoisotopic (exact) mass is 177 g/mol. The van der Waals surface area contributed by atoms with Crippen LogP contribution in [0.3, 0.4) is 0 Å². The van der Waals surface area contributed by atoms with Crippen molar-refractivity contribution in [2.45, 2.75) is 18.9 Å². The summed E-state index contributed by atoms with van der Waals surface area (Å²) in [7, 11) is 0. The summed E-state index contributed by atoms with van der Waals surface area (Å²) in [4.78, 5) is 10.5. The number of aliphatic carboxylic acids is 1. The number of carboxylic acid groups (broad SMARTS) is 1. The van der Waals surface area contributed by atoms with Crippen LogP contribution in [0.5, 0.6) is 0 Å². The maximum absolute atomic E-state index is 10.5. The Kier molecular flexibility index (Phi) is 2.79. The van der Waals surface area contributed by atoms with Crippen LogP contribution in [-0.4, -0.2) is 29.6 Å². The zero-order valence-corrected chi connectivity index (χ0v) is 6.50. The molecule has 0 spiro atoms. The molecule has 6 nitrogen and oxygen atoms in total. The fraction of sp³-hybridized carbons (Fsp3) is 0.667. The molecular formula is C6H14N4O2. The van der Waals surface area contributed by atoms with Gasteiger partial charge in [-0.05, 0) is 12.8 Å². The molecule has 12 heavy (non-hydrogen) atoms. The molecule has 0 heterocycles. The van der Waals surface area contributed by atoms with Gasteiger partial charge in [0.2, 0.25) is 0 Å². The Labute approximate surface area is 74.8 Å². The molecule has 0 amide bonds. The van der Waals surface area contributed by atoms with Gasteiger partial charge in [-0.1, -0.05) is 0 Å². The number of hydrogen-bond donors (Lipinski definition) is 5. The van der Waals surface area contributed by atoms with Gasteiger partial charge in [0.05, 0.1) is 0 Å². The first kappa shape index (κ1) is 6.24. The van der Waals surface area contributed by atoms with Crippen molar-refractivity contribution in [2.24, 2.45) is 11.5 Å². The maximum atomic E-state index is 10.5. The second kappa shape index (κ2) is 5.36. The molecule has 0 aliphatic rings. The Morgan fingerprint density at radius 1 is 1.92 bits per heavy atom. The van der Waals surface area contributed by atoms with Crippen molar-refractivity contribution in [1.82, 2.24) is 5.32 Å². The van der Waals surface area contributed by atoms with Gasteiger partial charge >= 0.3 is 5.97 Å². The third-order valence-electron chi connectivity index (χ3n) is 1.26. The van der Waals surface area contributed by atoms with Crippen LogP contribution >= 0.6 is 0 Å². The second-order valence-corrected chi connectivity index (χ2v) is 2.31.